The predicted molar refractivity (Wildman–Crippen MR) is 131 cm³/mol. The monoisotopic (exact) mass is 451 g/mol. The number of fused-ring (bicyclic) bond motifs is 1. The maximum Gasteiger partial charge on any atom is 0.251 e. The molecule has 3 aromatic rings. The summed E-state index contributed by atoms with van der Waals surface area (Å²) >= 11 is 0. The Kier molecular flexibility index (Phi) is 7.63. The third kappa shape index (κ3) is 6.06. The number of nitrogen functional groups attached to an aromatic ring is 1. The zero-order valence-corrected chi connectivity index (χ0v) is 20.0. The summed E-state index contributed by atoms with van der Waals surface area (Å²) in [4.78, 5) is 17.5. The van der Waals surface area contributed by atoms with E-state index < -0.39 is 5.54 Å². The fraction of sp³-hybridized carbons (Fsp3) is 0.385. The van der Waals surface area contributed by atoms with Crippen molar-refractivity contribution in [1.82, 2.24) is 10.3 Å². The number of methoxy groups -OCH3 is 1. The molecule has 3 rings (SSSR count). The molecule has 0 aliphatic heterocycles. The van der Waals surface area contributed by atoms with E-state index in [1.807, 2.05) is 45.0 Å². The maximum atomic E-state index is 13.0. The zero-order chi connectivity index (χ0) is 24.0. The molecule has 0 unspecified atom stereocenters. The van der Waals surface area contributed by atoms with E-state index in [0.717, 1.165) is 29.4 Å². The van der Waals surface area contributed by atoms with E-state index in [9.17, 15) is 4.79 Å². The molecule has 0 aliphatic carbocycles. The van der Waals surface area contributed by atoms with E-state index in [2.05, 4.69) is 17.2 Å². The van der Waals surface area contributed by atoms with Crippen molar-refractivity contribution in [3.63, 3.8) is 0 Å². The quantitative estimate of drug-likeness (QED) is 0.426. The Bertz CT molecular complexity index is 1130. The molecule has 3 N–H and O–H groups in total. The number of pyridine rings is 1. The van der Waals surface area contributed by atoms with Gasteiger partial charge in [-0.15, -0.1) is 0 Å². The number of aromatic nitrogens is 1. The lowest BCUT2D eigenvalue weighted by atomic mass is 10.1. The summed E-state index contributed by atoms with van der Waals surface area (Å²) in [6.07, 6.45) is 1.95. The highest BCUT2D eigenvalue weighted by Crippen LogP contribution is 2.31. The van der Waals surface area contributed by atoms with Crippen LogP contribution in [0.4, 0.5) is 5.69 Å². The summed E-state index contributed by atoms with van der Waals surface area (Å²) in [6.45, 7) is 8.63. The number of unbranched alkanes of at least 4 members (excludes halogenated alkanes) is 1. The Labute approximate surface area is 195 Å². The number of rotatable bonds is 10. The van der Waals surface area contributed by atoms with Crippen LogP contribution >= 0.6 is 0 Å². The number of nitrogens with zero attached hydrogens (tertiary/aromatic N) is 1. The van der Waals surface area contributed by atoms with Crippen LogP contribution in [0.5, 0.6) is 17.2 Å². The van der Waals surface area contributed by atoms with Crippen molar-refractivity contribution in [2.45, 2.75) is 46.1 Å². The average Bonchev–Trinajstić information content (AvgIpc) is 2.77. The van der Waals surface area contributed by atoms with Crippen molar-refractivity contribution in [1.29, 1.82) is 0 Å². The Morgan fingerprint density at radius 3 is 2.61 bits per heavy atom. The normalized spacial score (nSPS) is 11.3. The second-order valence-corrected chi connectivity index (χ2v) is 8.70. The second kappa shape index (κ2) is 10.4. The van der Waals surface area contributed by atoms with Gasteiger partial charge in [0.05, 0.1) is 30.2 Å². The first kappa shape index (κ1) is 24.2. The number of ether oxygens (including phenoxy) is 3. The number of hydrogen-bond donors (Lipinski definition) is 2. The molecule has 176 valence electrons. The third-order valence-corrected chi connectivity index (χ3v) is 5.18. The lowest BCUT2D eigenvalue weighted by Crippen LogP contribution is -2.47. The summed E-state index contributed by atoms with van der Waals surface area (Å²) < 4.78 is 17.3. The van der Waals surface area contributed by atoms with Gasteiger partial charge in [-0.3, -0.25) is 9.78 Å². The van der Waals surface area contributed by atoms with Crippen LogP contribution in [0, 0.1) is 6.92 Å². The molecule has 7 nitrogen and oxygen atoms in total. The highest BCUT2D eigenvalue weighted by Gasteiger charge is 2.24. The second-order valence-electron chi connectivity index (χ2n) is 8.70. The summed E-state index contributed by atoms with van der Waals surface area (Å²) in [6, 6.07) is 12.6. The number of benzene rings is 2. The molecule has 0 saturated heterocycles. The maximum absolute atomic E-state index is 13.0. The largest absolute Gasteiger partial charge is 0.493 e. The Morgan fingerprint density at radius 1 is 1.09 bits per heavy atom. The van der Waals surface area contributed by atoms with Crippen LogP contribution in [-0.4, -0.2) is 36.8 Å². The van der Waals surface area contributed by atoms with Gasteiger partial charge in [-0.25, -0.2) is 0 Å². The first-order chi connectivity index (χ1) is 15.7. The molecule has 1 heterocycles. The average molecular weight is 452 g/mol. The number of nitrogens with one attached hydrogen (secondary N) is 1. The Hall–Kier alpha value is -3.48. The minimum absolute atomic E-state index is 0.221. The van der Waals surface area contributed by atoms with Gasteiger partial charge in [0.15, 0.2) is 11.5 Å². The molecule has 0 fully saturated rings. The predicted octanol–water partition coefficient (Wildman–Crippen LogP) is 4.90. The number of aryl methyl sites for hydroxylation is 1. The molecule has 0 aliphatic rings. The minimum Gasteiger partial charge on any atom is -0.493 e. The number of hydrogen-bond acceptors (Lipinski definition) is 6. The molecule has 2 aromatic carbocycles. The van der Waals surface area contributed by atoms with Gasteiger partial charge in [-0.2, -0.15) is 0 Å². The van der Waals surface area contributed by atoms with Crippen molar-refractivity contribution < 1.29 is 19.0 Å². The summed E-state index contributed by atoms with van der Waals surface area (Å²) in [5.74, 6) is 1.57. The van der Waals surface area contributed by atoms with Crippen LogP contribution in [0.2, 0.25) is 0 Å². The van der Waals surface area contributed by atoms with Crippen molar-refractivity contribution in [2.75, 3.05) is 26.1 Å². The van der Waals surface area contributed by atoms with Crippen LogP contribution < -0.4 is 25.3 Å². The molecule has 0 saturated carbocycles. The molecular weight excluding hydrogens is 418 g/mol. The highest BCUT2D eigenvalue weighted by molar-refractivity contribution is 5.96. The minimum atomic E-state index is -0.644. The zero-order valence-electron chi connectivity index (χ0n) is 20.0. The molecule has 0 bridgehead atoms. The van der Waals surface area contributed by atoms with Crippen LogP contribution in [0.25, 0.3) is 10.9 Å². The van der Waals surface area contributed by atoms with Crippen molar-refractivity contribution in [3.05, 3.63) is 53.7 Å². The molecule has 33 heavy (non-hydrogen) atoms. The Balaban J connectivity index is 1.71. The van der Waals surface area contributed by atoms with Gasteiger partial charge in [0, 0.05) is 16.9 Å². The lowest BCUT2D eigenvalue weighted by molar-refractivity contribution is 0.0881. The molecule has 1 aromatic heterocycles. The topological polar surface area (TPSA) is 95.7 Å². The van der Waals surface area contributed by atoms with E-state index in [4.69, 9.17) is 19.9 Å². The van der Waals surface area contributed by atoms with Crippen molar-refractivity contribution in [3.8, 4) is 17.2 Å². The van der Waals surface area contributed by atoms with Crippen LogP contribution in [0.15, 0.2) is 42.5 Å². The van der Waals surface area contributed by atoms with Crippen molar-refractivity contribution >= 4 is 22.5 Å². The van der Waals surface area contributed by atoms with E-state index >= 15 is 0 Å². The highest BCUT2D eigenvalue weighted by atomic mass is 16.5. The first-order valence-electron chi connectivity index (χ1n) is 11.2. The van der Waals surface area contributed by atoms with Gasteiger partial charge in [-0.05, 0) is 63.6 Å². The van der Waals surface area contributed by atoms with Gasteiger partial charge >= 0.3 is 0 Å². The lowest BCUT2D eigenvalue weighted by Gasteiger charge is -2.27. The van der Waals surface area contributed by atoms with Gasteiger partial charge in [0.1, 0.15) is 12.4 Å². The van der Waals surface area contributed by atoms with Gasteiger partial charge < -0.3 is 25.3 Å². The van der Waals surface area contributed by atoms with E-state index in [1.54, 1.807) is 25.3 Å². The number of nitrogens with two attached hydrogens (primary N) is 1. The van der Waals surface area contributed by atoms with Gasteiger partial charge in [0.2, 0.25) is 0 Å². The number of anilines is 1. The molecule has 1 amide bonds. The summed E-state index contributed by atoms with van der Waals surface area (Å²) in [7, 11) is 1.58. The van der Waals surface area contributed by atoms with Crippen LogP contribution in [0.1, 0.15) is 49.7 Å². The third-order valence-electron chi connectivity index (χ3n) is 5.18. The molecule has 7 heteroatoms. The van der Waals surface area contributed by atoms with Gasteiger partial charge in [-0.1, -0.05) is 19.4 Å². The fourth-order valence-corrected chi connectivity index (χ4v) is 3.47. The fourth-order valence-electron chi connectivity index (χ4n) is 3.47. The van der Waals surface area contributed by atoms with Gasteiger partial charge in [0.25, 0.3) is 5.91 Å². The van der Waals surface area contributed by atoms with Crippen LogP contribution in [-0.2, 0) is 0 Å². The van der Waals surface area contributed by atoms with Crippen molar-refractivity contribution in [2.24, 2.45) is 0 Å². The smallest absolute Gasteiger partial charge is 0.251 e. The number of amides is 1. The number of carbonyl (C=O) groups is 1. The first-order valence-corrected chi connectivity index (χ1v) is 11.2. The molecule has 0 radical (unpaired) electrons. The molecule has 0 atom stereocenters. The molecule has 0 spiro atoms. The van der Waals surface area contributed by atoms with E-state index in [-0.39, 0.29) is 12.5 Å². The SMILES string of the molecule is CCCCOc1cc(C(=O)NC(C)(C)COc2cccc3nc(C)cc(N)c23)ccc1OC. The van der Waals surface area contributed by atoms with E-state index in [1.165, 1.54) is 0 Å². The molecular formula is C26H33N3O4. The standard InChI is InChI=1S/C26H33N3O4/c1-6-7-13-32-23-15-18(11-12-21(23)31-5)25(30)29-26(3,4)16-33-22-10-8-9-20-24(22)19(27)14-17(2)28-20/h8-12,14-15H,6-7,13,16H2,1-5H3,(H2,27,28)(H,29,30). The Morgan fingerprint density at radius 2 is 1.88 bits per heavy atom. The number of carbonyl (C=O) groups excluding carboxylic acids is 1. The summed E-state index contributed by atoms with van der Waals surface area (Å²) in [5, 5.41) is 3.81. The van der Waals surface area contributed by atoms with E-state index in [0.29, 0.717) is 35.1 Å². The van der Waals surface area contributed by atoms with Crippen LogP contribution in [0.3, 0.4) is 0 Å². The summed E-state index contributed by atoms with van der Waals surface area (Å²) in [5.41, 5.74) is 8.31.